The van der Waals surface area contributed by atoms with Gasteiger partial charge in [0.25, 0.3) is 5.91 Å². The molecule has 27 heavy (non-hydrogen) atoms. The topological polar surface area (TPSA) is 96.1 Å². The summed E-state index contributed by atoms with van der Waals surface area (Å²) in [6, 6.07) is 12.3. The maximum Gasteiger partial charge on any atom is 0.412 e. The fraction of sp³-hybridized carbons (Fsp3) is 0.211. The Morgan fingerprint density at radius 2 is 1.93 bits per heavy atom. The van der Waals surface area contributed by atoms with Crippen LogP contribution in [0.2, 0.25) is 0 Å². The molecule has 0 saturated carbocycles. The number of aromatic amines is 1. The standard InChI is InChI=1S/C19H20N4O3S/c1-19(2,3)26-18(25)20-13-7-4-6-12(10-13)17(24)21-16-11-14(22-23-16)15-8-5-9-27-15/h4-11H,1-3H3,(H,20,25)(H2,21,22,23,24). The first-order valence-electron chi connectivity index (χ1n) is 8.31. The predicted molar refractivity (Wildman–Crippen MR) is 106 cm³/mol. The Labute approximate surface area is 160 Å². The lowest BCUT2D eigenvalue weighted by Crippen LogP contribution is -2.27. The van der Waals surface area contributed by atoms with E-state index in [1.807, 2.05) is 17.5 Å². The third-order valence-corrected chi connectivity index (χ3v) is 4.28. The van der Waals surface area contributed by atoms with Crippen molar-refractivity contribution in [3.63, 3.8) is 0 Å². The summed E-state index contributed by atoms with van der Waals surface area (Å²) in [6.07, 6.45) is -0.576. The van der Waals surface area contributed by atoms with Crippen LogP contribution in [0.5, 0.6) is 0 Å². The molecule has 3 aromatic rings. The molecule has 0 aliphatic carbocycles. The van der Waals surface area contributed by atoms with Gasteiger partial charge < -0.3 is 10.1 Å². The first kappa shape index (κ1) is 18.7. The lowest BCUT2D eigenvalue weighted by molar-refractivity contribution is 0.0635. The molecule has 3 N–H and O–H groups in total. The molecule has 140 valence electrons. The molecule has 2 heterocycles. The van der Waals surface area contributed by atoms with Crippen molar-refractivity contribution < 1.29 is 14.3 Å². The molecule has 2 aromatic heterocycles. The highest BCUT2D eigenvalue weighted by Crippen LogP contribution is 2.24. The lowest BCUT2D eigenvalue weighted by atomic mass is 10.2. The predicted octanol–water partition coefficient (Wildman–Crippen LogP) is 4.74. The number of aromatic nitrogens is 2. The normalized spacial score (nSPS) is 11.1. The number of hydrogen-bond acceptors (Lipinski definition) is 5. The number of H-pyrrole nitrogens is 1. The van der Waals surface area contributed by atoms with Crippen molar-refractivity contribution in [2.75, 3.05) is 10.6 Å². The summed E-state index contributed by atoms with van der Waals surface area (Å²) in [6.45, 7) is 5.35. The van der Waals surface area contributed by atoms with Crippen molar-refractivity contribution in [1.82, 2.24) is 10.2 Å². The van der Waals surface area contributed by atoms with Gasteiger partial charge in [-0.3, -0.25) is 15.2 Å². The van der Waals surface area contributed by atoms with Crippen LogP contribution in [0.15, 0.2) is 47.8 Å². The van der Waals surface area contributed by atoms with Gasteiger partial charge >= 0.3 is 6.09 Å². The van der Waals surface area contributed by atoms with Gasteiger partial charge in [0.05, 0.1) is 10.6 Å². The molecule has 3 rings (SSSR count). The van der Waals surface area contributed by atoms with E-state index in [0.29, 0.717) is 17.1 Å². The van der Waals surface area contributed by atoms with Gasteiger partial charge in [0.2, 0.25) is 0 Å². The number of amides is 2. The van der Waals surface area contributed by atoms with Gasteiger partial charge in [-0.25, -0.2) is 4.79 Å². The van der Waals surface area contributed by atoms with Crippen LogP contribution >= 0.6 is 11.3 Å². The van der Waals surface area contributed by atoms with E-state index in [1.165, 1.54) is 0 Å². The third kappa shape index (κ3) is 5.18. The first-order valence-corrected chi connectivity index (χ1v) is 9.19. The summed E-state index contributed by atoms with van der Waals surface area (Å²) in [4.78, 5) is 25.4. The zero-order valence-corrected chi connectivity index (χ0v) is 16.0. The Morgan fingerprint density at radius 3 is 2.63 bits per heavy atom. The van der Waals surface area contributed by atoms with Gasteiger partial charge in [0, 0.05) is 17.3 Å². The van der Waals surface area contributed by atoms with E-state index in [1.54, 1.807) is 62.4 Å². The Bertz CT molecular complexity index is 942. The van der Waals surface area contributed by atoms with Crippen molar-refractivity contribution in [2.45, 2.75) is 26.4 Å². The Hall–Kier alpha value is -3.13. The Morgan fingerprint density at radius 1 is 1.11 bits per heavy atom. The third-order valence-electron chi connectivity index (χ3n) is 3.38. The minimum absolute atomic E-state index is 0.327. The largest absolute Gasteiger partial charge is 0.444 e. The minimum atomic E-state index is -0.598. The van der Waals surface area contributed by atoms with Crippen LogP contribution in [0.4, 0.5) is 16.3 Å². The minimum Gasteiger partial charge on any atom is -0.444 e. The molecule has 0 aliphatic heterocycles. The van der Waals surface area contributed by atoms with Crippen LogP contribution in [0.3, 0.4) is 0 Å². The quantitative estimate of drug-likeness (QED) is 0.605. The van der Waals surface area contributed by atoms with Gasteiger partial charge in [-0.2, -0.15) is 5.10 Å². The Kier molecular flexibility index (Phi) is 5.27. The fourth-order valence-corrected chi connectivity index (χ4v) is 2.98. The molecule has 0 fully saturated rings. The number of hydrogen-bond donors (Lipinski definition) is 3. The van der Waals surface area contributed by atoms with Crippen molar-refractivity contribution in [3.8, 4) is 10.6 Å². The highest BCUT2D eigenvalue weighted by molar-refractivity contribution is 7.13. The van der Waals surface area contributed by atoms with E-state index in [9.17, 15) is 9.59 Å². The molecule has 0 unspecified atom stereocenters. The molecule has 8 heteroatoms. The second-order valence-electron chi connectivity index (χ2n) is 6.81. The zero-order chi connectivity index (χ0) is 19.4. The summed E-state index contributed by atoms with van der Waals surface area (Å²) >= 11 is 1.58. The van der Waals surface area contributed by atoms with Gasteiger partial charge in [-0.15, -0.1) is 11.3 Å². The Balaban J connectivity index is 1.66. The number of rotatable bonds is 4. The van der Waals surface area contributed by atoms with Crippen LogP contribution in [-0.4, -0.2) is 27.8 Å². The molecular formula is C19H20N4O3S. The number of ether oxygens (including phenoxy) is 1. The molecular weight excluding hydrogens is 364 g/mol. The van der Waals surface area contributed by atoms with Crippen molar-refractivity contribution >= 4 is 34.8 Å². The number of anilines is 2. The van der Waals surface area contributed by atoms with Gasteiger partial charge in [-0.1, -0.05) is 12.1 Å². The second-order valence-corrected chi connectivity index (χ2v) is 7.75. The number of benzene rings is 1. The summed E-state index contributed by atoms with van der Waals surface area (Å²) in [5, 5.41) is 14.3. The second kappa shape index (κ2) is 7.63. The number of carbonyl (C=O) groups excluding carboxylic acids is 2. The molecule has 7 nitrogen and oxygen atoms in total. The molecule has 0 aliphatic rings. The summed E-state index contributed by atoms with van der Waals surface area (Å²) in [7, 11) is 0. The van der Waals surface area contributed by atoms with Gasteiger partial charge in [0.1, 0.15) is 5.60 Å². The SMILES string of the molecule is CC(C)(C)OC(=O)Nc1cccc(C(=O)Nc2cc(-c3cccs3)[nH]n2)c1. The fourth-order valence-electron chi connectivity index (χ4n) is 2.29. The summed E-state index contributed by atoms with van der Waals surface area (Å²) in [5.41, 5.74) is 1.10. The number of nitrogens with zero attached hydrogens (tertiary/aromatic N) is 1. The molecule has 0 saturated heterocycles. The number of carbonyl (C=O) groups is 2. The first-order chi connectivity index (χ1) is 12.8. The van der Waals surface area contributed by atoms with Gasteiger partial charge in [0.15, 0.2) is 5.82 Å². The summed E-state index contributed by atoms with van der Waals surface area (Å²) in [5.74, 6) is 0.0981. The molecule has 0 atom stereocenters. The average Bonchev–Trinajstić information content (AvgIpc) is 3.24. The van der Waals surface area contributed by atoms with Crippen LogP contribution in [-0.2, 0) is 4.74 Å². The van der Waals surface area contributed by atoms with Crippen LogP contribution < -0.4 is 10.6 Å². The zero-order valence-electron chi connectivity index (χ0n) is 15.2. The highest BCUT2D eigenvalue weighted by atomic mass is 32.1. The van der Waals surface area contributed by atoms with E-state index in [0.717, 1.165) is 10.6 Å². The van der Waals surface area contributed by atoms with Crippen LogP contribution in [0.1, 0.15) is 31.1 Å². The van der Waals surface area contributed by atoms with E-state index >= 15 is 0 Å². The molecule has 1 aromatic carbocycles. The van der Waals surface area contributed by atoms with Crippen molar-refractivity contribution in [1.29, 1.82) is 0 Å². The van der Waals surface area contributed by atoms with E-state index in [4.69, 9.17) is 4.74 Å². The van der Waals surface area contributed by atoms with Crippen molar-refractivity contribution in [2.24, 2.45) is 0 Å². The molecule has 0 spiro atoms. The van der Waals surface area contributed by atoms with Crippen molar-refractivity contribution in [3.05, 3.63) is 53.4 Å². The maximum absolute atomic E-state index is 12.5. The average molecular weight is 384 g/mol. The number of nitrogens with one attached hydrogen (secondary N) is 3. The van der Waals surface area contributed by atoms with E-state index in [-0.39, 0.29) is 5.91 Å². The van der Waals surface area contributed by atoms with Crippen LogP contribution in [0, 0.1) is 0 Å². The highest BCUT2D eigenvalue weighted by Gasteiger charge is 2.17. The van der Waals surface area contributed by atoms with Gasteiger partial charge in [-0.05, 0) is 50.4 Å². The van der Waals surface area contributed by atoms with Crippen LogP contribution in [0.25, 0.3) is 10.6 Å². The molecule has 0 radical (unpaired) electrons. The number of thiophene rings is 1. The summed E-state index contributed by atoms with van der Waals surface area (Å²) < 4.78 is 5.21. The van der Waals surface area contributed by atoms with E-state index < -0.39 is 11.7 Å². The molecule has 0 bridgehead atoms. The molecule has 2 amide bonds. The maximum atomic E-state index is 12.5. The monoisotopic (exact) mass is 384 g/mol. The van der Waals surface area contributed by atoms with E-state index in [2.05, 4.69) is 20.8 Å². The smallest absolute Gasteiger partial charge is 0.412 e. The lowest BCUT2D eigenvalue weighted by Gasteiger charge is -2.19.